The molecule has 4 nitrogen and oxygen atoms in total. The molecule has 3 atom stereocenters. The molecule has 1 saturated carbocycles. The molecule has 0 aromatic carbocycles. The molecule has 0 radical (unpaired) electrons. The largest absolute Gasteiger partial charge is 0.392 e. The average molecular weight is 202 g/mol. The van der Waals surface area contributed by atoms with Crippen molar-refractivity contribution in [3.8, 4) is 0 Å². The summed E-state index contributed by atoms with van der Waals surface area (Å²) in [6.45, 7) is -0.177. The smallest absolute Gasteiger partial charge is 0.120 e. The minimum absolute atomic E-state index is 0.177. The molecule has 0 aliphatic heterocycles. The maximum atomic E-state index is 10.0. The fourth-order valence-electron chi connectivity index (χ4n) is 1.86. The molecule has 4 N–H and O–H groups in total. The topological polar surface area (TPSA) is 80.9 Å². The number of hydrogen-bond acceptors (Lipinski definition) is 4. The lowest BCUT2D eigenvalue weighted by Gasteiger charge is -2.39. The van der Waals surface area contributed by atoms with Crippen molar-refractivity contribution < 1.29 is 20.4 Å². The van der Waals surface area contributed by atoms with Crippen LogP contribution in [0.25, 0.3) is 0 Å². The lowest BCUT2D eigenvalue weighted by Crippen LogP contribution is -2.53. The molecular weight excluding hydrogens is 184 g/mol. The van der Waals surface area contributed by atoms with Crippen molar-refractivity contribution in [2.24, 2.45) is 0 Å². The van der Waals surface area contributed by atoms with E-state index in [4.69, 9.17) is 5.11 Å². The second-order valence-corrected chi connectivity index (χ2v) is 3.81. The highest BCUT2D eigenvalue weighted by atomic mass is 16.4. The molecule has 1 aliphatic carbocycles. The summed E-state index contributed by atoms with van der Waals surface area (Å²) >= 11 is 0. The van der Waals surface area contributed by atoms with E-state index in [0.717, 1.165) is 12.8 Å². The first kappa shape index (κ1) is 11.7. The van der Waals surface area contributed by atoms with Gasteiger partial charge in [-0.05, 0) is 12.8 Å². The van der Waals surface area contributed by atoms with Gasteiger partial charge in [0.15, 0.2) is 0 Å². The summed E-state index contributed by atoms with van der Waals surface area (Å²) < 4.78 is 0. The Morgan fingerprint density at radius 3 is 2.71 bits per heavy atom. The van der Waals surface area contributed by atoms with E-state index < -0.39 is 17.8 Å². The Morgan fingerprint density at radius 1 is 1.43 bits per heavy atom. The summed E-state index contributed by atoms with van der Waals surface area (Å²) in [6, 6.07) is 0. The fraction of sp³-hybridized carbons (Fsp3) is 0.800. The molecule has 1 rings (SSSR count). The summed E-state index contributed by atoms with van der Waals surface area (Å²) in [7, 11) is 0. The zero-order chi connectivity index (χ0) is 10.6. The van der Waals surface area contributed by atoms with Crippen molar-refractivity contribution in [3.05, 3.63) is 12.2 Å². The Balaban J connectivity index is 2.65. The normalized spacial score (nSPS) is 36.1. The summed E-state index contributed by atoms with van der Waals surface area (Å²) in [4.78, 5) is 0. The first-order valence-corrected chi connectivity index (χ1v) is 4.97. The van der Waals surface area contributed by atoms with E-state index in [2.05, 4.69) is 0 Å². The third-order valence-corrected chi connectivity index (χ3v) is 2.82. The predicted molar refractivity (Wildman–Crippen MR) is 51.7 cm³/mol. The van der Waals surface area contributed by atoms with Crippen molar-refractivity contribution in [2.45, 2.75) is 43.5 Å². The average Bonchev–Trinajstić information content (AvgIpc) is 2.19. The van der Waals surface area contributed by atoms with Crippen LogP contribution in [-0.2, 0) is 0 Å². The molecule has 4 heteroatoms. The first-order valence-electron chi connectivity index (χ1n) is 4.97. The standard InChI is InChI=1S/C10H18O4/c11-7-3-5-9(13)10(14)6-2-1-4-8(10)12/h3,5,8-9,11-14H,1-2,4,6-7H2. The zero-order valence-corrected chi connectivity index (χ0v) is 8.13. The van der Waals surface area contributed by atoms with Gasteiger partial charge in [0.1, 0.15) is 11.7 Å². The first-order chi connectivity index (χ1) is 6.61. The molecule has 0 aromatic rings. The molecule has 82 valence electrons. The summed E-state index contributed by atoms with van der Waals surface area (Å²) in [5.74, 6) is 0. The molecular formula is C10H18O4. The Bertz CT molecular complexity index is 204. The molecule has 14 heavy (non-hydrogen) atoms. The van der Waals surface area contributed by atoms with Crippen LogP contribution in [0, 0.1) is 0 Å². The zero-order valence-electron chi connectivity index (χ0n) is 8.13. The van der Waals surface area contributed by atoms with E-state index >= 15 is 0 Å². The van der Waals surface area contributed by atoms with Crippen LogP contribution in [0.5, 0.6) is 0 Å². The Kier molecular flexibility index (Phi) is 4.07. The third-order valence-electron chi connectivity index (χ3n) is 2.82. The van der Waals surface area contributed by atoms with Gasteiger partial charge in [0, 0.05) is 0 Å². The molecule has 3 unspecified atom stereocenters. The van der Waals surface area contributed by atoms with Crippen LogP contribution >= 0.6 is 0 Å². The van der Waals surface area contributed by atoms with Crippen molar-refractivity contribution >= 4 is 0 Å². The van der Waals surface area contributed by atoms with Gasteiger partial charge in [-0.3, -0.25) is 0 Å². The van der Waals surface area contributed by atoms with Gasteiger partial charge in [-0.2, -0.15) is 0 Å². The van der Waals surface area contributed by atoms with Gasteiger partial charge in [-0.25, -0.2) is 0 Å². The monoisotopic (exact) mass is 202 g/mol. The van der Waals surface area contributed by atoms with Crippen LogP contribution in [0.2, 0.25) is 0 Å². The van der Waals surface area contributed by atoms with Crippen molar-refractivity contribution in [1.82, 2.24) is 0 Å². The van der Waals surface area contributed by atoms with Gasteiger partial charge < -0.3 is 20.4 Å². The minimum atomic E-state index is -1.44. The highest BCUT2D eigenvalue weighted by Gasteiger charge is 2.42. The highest BCUT2D eigenvalue weighted by molar-refractivity contribution is 5.05. The number of aliphatic hydroxyl groups excluding tert-OH is 3. The van der Waals surface area contributed by atoms with Crippen LogP contribution in [-0.4, -0.2) is 44.8 Å². The molecule has 0 spiro atoms. The van der Waals surface area contributed by atoms with Gasteiger partial charge in [0.05, 0.1) is 12.7 Å². The summed E-state index contributed by atoms with van der Waals surface area (Å²) in [5.41, 5.74) is -1.44. The second kappa shape index (κ2) is 4.89. The van der Waals surface area contributed by atoms with E-state index in [1.54, 1.807) is 0 Å². The van der Waals surface area contributed by atoms with E-state index in [0.29, 0.717) is 12.8 Å². The van der Waals surface area contributed by atoms with Gasteiger partial charge in [0.2, 0.25) is 0 Å². The van der Waals surface area contributed by atoms with E-state index in [9.17, 15) is 15.3 Å². The Hall–Kier alpha value is -0.420. The third kappa shape index (κ3) is 2.33. The lowest BCUT2D eigenvalue weighted by atomic mass is 9.78. The maximum Gasteiger partial charge on any atom is 0.120 e. The van der Waals surface area contributed by atoms with Crippen LogP contribution in [0.15, 0.2) is 12.2 Å². The van der Waals surface area contributed by atoms with Crippen molar-refractivity contribution in [2.75, 3.05) is 6.61 Å². The predicted octanol–water partition coefficient (Wildman–Crippen LogP) is -0.438. The van der Waals surface area contributed by atoms with E-state index in [-0.39, 0.29) is 6.61 Å². The van der Waals surface area contributed by atoms with E-state index in [1.807, 2.05) is 0 Å². The molecule has 0 amide bonds. The molecule has 0 heterocycles. The molecule has 0 saturated heterocycles. The second-order valence-electron chi connectivity index (χ2n) is 3.81. The Morgan fingerprint density at radius 2 is 2.14 bits per heavy atom. The van der Waals surface area contributed by atoms with Crippen LogP contribution in [0.1, 0.15) is 25.7 Å². The van der Waals surface area contributed by atoms with Crippen LogP contribution in [0.3, 0.4) is 0 Å². The minimum Gasteiger partial charge on any atom is -0.392 e. The lowest BCUT2D eigenvalue weighted by molar-refractivity contribution is -0.149. The van der Waals surface area contributed by atoms with Gasteiger partial charge in [-0.1, -0.05) is 25.0 Å². The maximum absolute atomic E-state index is 10.0. The molecule has 1 fully saturated rings. The number of aliphatic hydroxyl groups is 4. The van der Waals surface area contributed by atoms with Gasteiger partial charge >= 0.3 is 0 Å². The van der Waals surface area contributed by atoms with Crippen molar-refractivity contribution in [1.29, 1.82) is 0 Å². The summed E-state index contributed by atoms with van der Waals surface area (Å²) in [5, 5.41) is 37.7. The Labute approximate surface area is 83.5 Å². The van der Waals surface area contributed by atoms with Crippen LogP contribution in [0.4, 0.5) is 0 Å². The van der Waals surface area contributed by atoms with Gasteiger partial charge in [0.25, 0.3) is 0 Å². The van der Waals surface area contributed by atoms with Crippen LogP contribution < -0.4 is 0 Å². The molecule has 1 aliphatic rings. The molecule has 0 aromatic heterocycles. The summed E-state index contributed by atoms with van der Waals surface area (Å²) in [6.07, 6.45) is 3.29. The number of rotatable bonds is 3. The van der Waals surface area contributed by atoms with E-state index in [1.165, 1.54) is 12.2 Å². The number of hydrogen-bond donors (Lipinski definition) is 4. The SMILES string of the molecule is OCC=CC(O)C1(O)CCCCC1O. The van der Waals surface area contributed by atoms with Gasteiger partial charge in [-0.15, -0.1) is 0 Å². The molecule has 0 bridgehead atoms. The van der Waals surface area contributed by atoms with Crippen molar-refractivity contribution in [3.63, 3.8) is 0 Å². The fourth-order valence-corrected chi connectivity index (χ4v) is 1.86. The quantitative estimate of drug-likeness (QED) is 0.468. The highest BCUT2D eigenvalue weighted by Crippen LogP contribution is 2.31.